The lowest BCUT2D eigenvalue weighted by atomic mass is 9.94. The van der Waals surface area contributed by atoms with Gasteiger partial charge in [0.1, 0.15) is 5.75 Å². The van der Waals surface area contributed by atoms with Gasteiger partial charge in [-0.2, -0.15) is 0 Å². The minimum atomic E-state index is -0.357. The summed E-state index contributed by atoms with van der Waals surface area (Å²) in [6.45, 7) is 0.445. The van der Waals surface area contributed by atoms with E-state index >= 15 is 0 Å². The van der Waals surface area contributed by atoms with Gasteiger partial charge < -0.3 is 10.5 Å². The monoisotopic (exact) mass is 222 g/mol. The number of hydrogen-bond acceptors (Lipinski definition) is 4. The molecule has 0 saturated heterocycles. The Morgan fingerprint density at radius 1 is 1.56 bits per heavy atom. The molecule has 2 N–H and O–H groups in total. The van der Waals surface area contributed by atoms with Gasteiger partial charge >= 0.3 is 0 Å². The Bertz CT molecular complexity index is 427. The molecule has 0 aliphatic heterocycles. The number of rotatable bonds is 4. The quantitative estimate of drug-likeness (QED) is 0.619. The Labute approximate surface area is 93.4 Å². The Kier molecular flexibility index (Phi) is 2.55. The Morgan fingerprint density at radius 2 is 2.25 bits per heavy atom. The van der Waals surface area contributed by atoms with Gasteiger partial charge in [-0.25, -0.2) is 0 Å². The first-order valence-corrected chi connectivity index (χ1v) is 5.16. The smallest absolute Gasteiger partial charge is 0.273 e. The molecular weight excluding hydrogens is 208 g/mol. The third-order valence-corrected chi connectivity index (χ3v) is 3.22. The molecular formula is C11H14N2O3. The first kappa shape index (κ1) is 10.9. The number of nitrogens with two attached hydrogens (primary N) is 1. The van der Waals surface area contributed by atoms with Crippen LogP contribution in [0, 0.1) is 10.1 Å². The standard InChI is InChI=1S/C11H14N2O3/c1-16-8-2-3-10(13(14)15)9(6-8)11(7-12)4-5-11/h2-3,6H,4-5,7,12H2,1H3. The Morgan fingerprint density at radius 3 is 2.69 bits per heavy atom. The van der Waals surface area contributed by atoms with E-state index in [4.69, 9.17) is 10.5 Å². The summed E-state index contributed by atoms with van der Waals surface area (Å²) >= 11 is 0. The number of benzene rings is 1. The fraction of sp³-hybridized carbons (Fsp3) is 0.455. The number of ether oxygens (including phenoxy) is 1. The maximum Gasteiger partial charge on any atom is 0.273 e. The summed E-state index contributed by atoms with van der Waals surface area (Å²) < 4.78 is 5.09. The van der Waals surface area contributed by atoms with Crippen LogP contribution in [0.25, 0.3) is 0 Å². The van der Waals surface area contributed by atoms with Crippen LogP contribution in [-0.4, -0.2) is 18.6 Å². The topological polar surface area (TPSA) is 78.4 Å². The van der Waals surface area contributed by atoms with Crippen LogP contribution in [0.3, 0.4) is 0 Å². The summed E-state index contributed by atoms with van der Waals surface area (Å²) in [6, 6.07) is 4.83. The van der Waals surface area contributed by atoms with E-state index < -0.39 is 0 Å². The normalized spacial score (nSPS) is 16.9. The SMILES string of the molecule is COc1ccc([N+](=O)[O-])c(C2(CN)CC2)c1. The molecule has 1 aliphatic carbocycles. The third-order valence-electron chi connectivity index (χ3n) is 3.22. The van der Waals surface area contributed by atoms with Crippen LogP contribution in [0.4, 0.5) is 5.69 Å². The molecule has 0 amide bonds. The third kappa shape index (κ3) is 1.63. The molecule has 0 unspecified atom stereocenters. The number of methoxy groups -OCH3 is 1. The molecule has 0 aromatic heterocycles. The minimum Gasteiger partial charge on any atom is -0.497 e. The van der Waals surface area contributed by atoms with Gasteiger partial charge in [0.05, 0.1) is 12.0 Å². The molecule has 2 rings (SSSR count). The first-order valence-electron chi connectivity index (χ1n) is 5.16. The average molecular weight is 222 g/mol. The maximum absolute atomic E-state index is 10.9. The molecule has 1 aliphatic rings. The second-order valence-electron chi connectivity index (χ2n) is 4.12. The van der Waals surface area contributed by atoms with Gasteiger partial charge in [0, 0.05) is 23.6 Å². The largest absolute Gasteiger partial charge is 0.497 e. The van der Waals surface area contributed by atoms with Gasteiger partial charge in [-0.15, -0.1) is 0 Å². The van der Waals surface area contributed by atoms with E-state index in [0.717, 1.165) is 12.8 Å². The minimum absolute atomic E-state index is 0.142. The molecule has 1 saturated carbocycles. The van der Waals surface area contributed by atoms with Crippen molar-refractivity contribution >= 4 is 5.69 Å². The van der Waals surface area contributed by atoms with Crippen molar-refractivity contribution < 1.29 is 9.66 Å². The van der Waals surface area contributed by atoms with Gasteiger partial charge in [0.2, 0.25) is 0 Å². The van der Waals surface area contributed by atoms with Crippen LogP contribution < -0.4 is 10.5 Å². The molecule has 16 heavy (non-hydrogen) atoms. The van der Waals surface area contributed by atoms with Gasteiger partial charge in [-0.3, -0.25) is 10.1 Å². The summed E-state index contributed by atoms with van der Waals surface area (Å²) in [5.74, 6) is 0.639. The summed E-state index contributed by atoms with van der Waals surface area (Å²) in [5, 5.41) is 10.9. The molecule has 1 aromatic rings. The van der Waals surface area contributed by atoms with E-state index in [9.17, 15) is 10.1 Å². The number of nitro benzene ring substituents is 1. The van der Waals surface area contributed by atoms with Crippen molar-refractivity contribution in [3.05, 3.63) is 33.9 Å². The fourth-order valence-electron chi connectivity index (χ4n) is 1.96. The second kappa shape index (κ2) is 3.75. The van der Waals surface area contributed by atoms with Gasteiger partial charge in [-0.1, -0.05) is 0 Å². The van der Waals surface area contributed by atoms with Crippen LogP contribution in [0.2, 0.25) is 0 Å². The van der Waals surface area contributed by atoms with Crippen molar-refractivity contribution in [2.45, 2.75) is 18.3 Å². The fourth-order valence-corrected chi connectivity index (χ4v) is 1.96. The zero-order valence-corrected chi connectivity index (χ0v) is 9.10. The lowest BCUT2D eigenvalue weighted by Gasteiger charge is -2.14. The summed E-state index contributed by atoms with van der Waals surface area (Å²) in [4.78, 5) is 10.6. The van der Waals surface area contributed by atoms with Crippen molar-refractivity contribution in [3.8, 4) is 5.75 Å². The highest BCUT2D eigenvalue weighted by Gasteiger charge is 2.47. The predicted octanol–water partition coefficient (Wildman–Crippen LogP) is 1.59. The molecule has 0 bridgehead atoms. The van der Waals surface area contributed by atoms with Crippen molar-refractivity contribution in [2.75, 3.05) is 13.7 Å². The van der Waals surface area contributed by atoms with Crippen LogP contribution >= 0.6 is 0 Å². The van der Waals surface area contributed by atoms with Crippen molar-refractivity contribution in [1.82, 2.24) is 0 Å². The second-order valence-corrected chi connectivity index (χ2v) is 4.12. The van der Waals surface area contributed by atoms with Crippen LogP contribution in [0.5, 0.6) is 5.75 Å². The Balaban J connectivity index is 2.51. The zero-order valence-electron chi connectivity index (χ0n) is 9.10. The van der Waals surface area contributed by atoms with Gasteiger partial charge in [0.15, 0.2) is 0 Å². The summed E-state index contributed by atoms with van der Waals surface area (Å²) in [6.07, 6.45) is 1.83. The molecule has 0 atom stereocenters. The number of nitrogens with zero attached hydrogens (tertiary/aromatic N) is 1. The highest BCUT2D eigenvalue weighted by molar-refractivity contribution is 5.52. The average Bonchev–Trinajstić information content (AvgIpc) is 3.09. The molecule has 5 heteroatoms. The highest BCUT2D eigenvalue weighted by atomic mass is 16.6. The van der Waals surface area contributed by atoms with Crippen molar-refractivity contribution in [2.24, 2.45) is 5.73 Å². The first-order chi connectivity index (χ1) is 7.63. The summed E-state index contributed by atoms with van der Waals surface area (Å²) in [5.41, 5.74) is 6.35. The molecule has 1 aromatic carbocycles. The van der Waals surface area contributed by atoms with E-state index in [1.54, 1.807) is 19.2 Å². The number of hydrogen-bond donors (Lipinski definition) is 1. The zero-order chi connectivity index (χ0) is 11.8. The van der Waals surface area contributed by atoms with Crippen LogP contribution in [0.1, 0.15) is 18.4 Å². The number of nitro groups is 1. The molecule has 0 radical (unpaired) electrons. The van der Waals surface area contributed by atoms with Crippen molar-refractivity contribution in [3.63, 3.8) is 0 Å². The van der Waals surface area contributed by atoms with Crippen LogP contribution in [-0.2, 0) is 5.41 Å². The molecule has 1 fully saturated rings. The van der Waals surface area contributed by atoms with E-state index in [1.807, 2.05) is 0 Å². The van der Waals surface area contributed by atoms with E-state index in [1.165, 1.54) is 6.07 Å². The van der Waals surface area contributed by atoms with E-state index in [2.05, 4.69) is 0 Å². The van der Waals surface area contributed by atoms with E-state index in [0.29, 0.717) is 17.9 Å². The lowest BCUT2D eigenvalue weighted by Crippen LogP contribution is -2.21. The highest BCUT2D eigenvalue weighted by Crippen LogP contribution is 2.51. The lowest BCUT2D eigenvalue weighted by molar-refractivity contribution is -0.385. The summed E-state index contributed by atoms with van der Waals surface area (Å²) in [7, 11) is 1.55. The molecule has 86 valence electrons. The molecule has 0 spiro atoms. The molecule has 0 heterocycles. The maximum atomic E-state index is 10.9. The predicted molar refractivity (Wildman–Crippen MR) is 59.6 cm³/mol. The molecule has 5 nitrogen and oxygen atoms in total. The van der Waals surface area contributed by atoms with Gasteiger partial charge in [0.25, 0.3) is 5.69 Å². The van der Waals surface area contributed by atoms with Gasteiger partial charge in [-0.05, 0) is 25.0 Å². The van der Waals surface area contributed by atoms with E-state index in [-0.39, 0.29) is 16.0 Å². The Hall–Kier alpha value is -1.62. The van der Waals surface area contributed by atoms with Crippen LogP contribution in [0.15, 0.2) is 18.2 Å². The van der Waals surface area contributed by atoms with Crippen molar-refractivity contribution in [1.29, 1.82) is 0 Å².